The largest absolute Gasteiger partial charge is 0.472 e. The smallest absolute Gasteiger partial charge is 0.0947 e. The first-order chi connectivity index (χ1) is 9.53. The minimum absolute atomic E-state index is 0.0783. The van der Waals surface area contributed by atoms with Crippen molar-refractivity contribution in [3.05, 3.63) is 58.5 Å². The van der Waals surface area contributed by atoms with E-state index in [2.05, 4.69) is 59.1 Å². The number of rotatable bonds is 6. The number of nitrogens with zero attached hydrogens (tertiary/aromatic N) is 1. The van der Waals surface area contributed by atoms with Crippen LogP contribution in [-0.4, -0.2) is 24.0 Å². The van der Waals surface area contributed by atoms with Crippen molar-refractivity contribution in [2.75, 3.05) is 13.6 Å². The summed E-state index contributed by atoms with van der Waals surface area (Å²) in [4.78, 5) is 2.29. The van der Waals surface area contributed by atoms with Crippen LogP contribution in [0, 0.1) is 0 Å². The molecule has 0 aliphatic heterocycles. The predicted molar refractivity (Wildman–Crippen MR) is 85.5 cm³/mol. The van der Waals surface area contributed by atoms with Crippen LogP contribution in [0.2, 0.25) is 0 Å². The van der Waals surface area contributed by atoms with Crippen LogP contribution >= 0.6 is 15.9 Å². The summed E-state index contributed by atoms with van der Waals surface area (Å²) < 4.78 is 6.23. The van der Waals surface area contributed by atoms with Crippen LogP contribution in [0.4, 0.5) is 0 Å². The van der Waals surface area contributed by atoms with Gasteiger partial charge in [-0.25, -0.2) is 0 Å². The Labute approximate surface area is 128 Å². The second-order valence-corrected chi connectivity index (χ2v) is 6.41. The monoisotopic (exact) mass is 336 g/mol. The van der Waals surface area contributed by atoms with Crippen molar-refractivity contribution in [3.8, 4) is 0 Å². The minimum Gasteiger partial charge on any atom is -0.472 e. The topological polar surface area (TPSA) is 42.4 Å². The number of furan rings is 1. The lowest BCUT2D eigenvalue weighted by molar-refractivity contribution is 0.136. The Morgan fingerprint density at radius 3 is 2.45 bits per heavy atom. The second-order valence-electron chi connectivity index (χ2n) is 5.49. The van der Waals surface area contributed by atoms with Crippen LogP contribution < -0.4 is 5.73 Å². The molecule has 0 radical (unpaired) electrons. The van der Waals surface area contributed by atoms with E-state index < -0.39 is 0 Å². The highest BCUT2D eigenvalue weighted by Gasteiger charge is 2.28. The molecule has 1 heterocycles. The van der Waals surface area contributed by atoms with Crippen molar-refractivity contribution < 1.29 is 4.42 Å². The fourth-order valence-corrected chi connectivity index (χ4v) is 2.52. The molecule has 0 saturated carbocycles. The van der Waals surface area contributed by atoms with Gasteiger partial charge >= 0.3 is 0 Å². The zero-order chi connectivity index (χ0) is 14.6. The maximum absolute atomic E-state index is 6.04. The van der Waals surface area contributed by atoms with Gasteiger partial charge < -0.3 is 10.2 Å². The van der Waals surface area contributed by atoms with Gasteiger partial charge in [-0.3, -0.25) is 4.90 Å². The molecule has 4 heteroatoms. The summed E-state index contributed by atoms with van der Waals surface area (Å²) in [5, 5.41) is 0. The third kappa shape index (κ3) is 3.72. The van der Waals surface area contributed by atoms with Gasteiger partial charge in [0.05, 0.1) is 12.5 Å². The number of hydrogen-bond donors (Lipinski definition) is 1. The molecular formula is C16H21BrN2O. The number of halogens is 1. The van der Waals surface area contributed by atoms with Gasteiger partial charge in [-0.2, -0.15) is 0 Å². The molecule has 0 bridgehead atoms. The molecule has 1 aromatic heterocycles. The van der Waals surface area contributed by atoms with Crippen LogP contribution in [-0.2, 0) is 13.0 Å². The van der Waals surface area contributed by atoms with Crippen molar-refractivity contribution >= 4 is 15.9 Å². The highest BCUT2D eigenvalue weighted by atomic mass is 79.9. The molecule has 0 fully saturated rings. The van der Waals surface area contributed by atoms with Crippen molar-refractivity contribution in [1.82, 2.24) is 4.90 Å². The molecule has 108 valence electrons. The van der Waals surface area contributed by atoms with Gasteiger partial charge in [-0.05, 0) is 44.2 Å². The molecule has 1 atom stereocenters. The molecule has 2 rings (SSSR count). The zero-order valence-electron chi connectivity index (χ0n) is 12.0. The number of likely N-dealkylation sites (N-methyl/N-ethyl adjacent to an activating group) is 1. The van der Waals surface area contributed by atoms with Gasteiger partial charge in [0, 0.05) is 28.7 Å². The highest BCUT2D eigenvalue weighted by molar-refractivity contribution is 9.10. The molecule has 0 saturated heterocycles. The van der Waals surface area contributed by atoms with Crippen LogP contribution in [0.25, 0.3) is 0 Å². The van der Waals surface area contributed by atoms with Gasteiger partial charge in [-0.1, -0.05) is 28.1 Å². The van der Waals surface area contributed by atoms with E-state index in [0.717, 1.165) is 17.4 Å². The molecule has 0 aliphatic carbocycles. The van der Waals surface area contributed by atoms with E-state index in [4.69, 9.17) is 10.2 Å². The first-order valence-electron chi connectivity index (χ1n) is 6.70. The fourth-order valence-electron chi connectivity index (χ4n) is 2.25. The van der Waals surface area contributed by atoms with Gasteiger partial charge in [0.1, 0.15) is 0 Å². The Morgan fingerprint density at radius 2 is 1.90 bits per heavy atom. The molecular weight excluding hydrogens is 316 g/mol. The van der Waals surface area contributed by atoms with Crippen LogP contribution in [0.15, 0.2) is 51.7 Å². The number of benzene rings is 1. The summed E-state index contributed by atoms with van der Waals surface area (Å²) in [6.45, 7) is 3.65. The average Bonchev–Trinajstić information content (AvgIpc) is 2.94. The van der Waals surface area contributed by atoms with E-state index in [-0.39, 0.29) is 5.54 Å². The van der Waals surface area contributed by atoms with E-state index >= 15 is 0 Å². The van der Waals surface area contributed by atoms with E-state index in [0.29, 0.717) is 6.54 Å². The summed E-state index contributed by atoms with van der Waals surface area (Å²) in [5.41, 5.74) is 8.42. The summed E-state index contributed by atoms with van der Waals surface area (Å²) in [7, 11) is 2.11. The van der Waals surface area contributed by atoms with Crippen molar-refractivity contribution in [3.63, 3.8) is 0 Å². The molecule has 2 aromatic rings. The summed E-state index contributed by atoms with van der Waals surface area (Å²) >= 11 is 3.47. The fraction of sp³-hybridized carbons (Fsp3) is 0.375. The standard InChI is InChI=1S/C16H21BrN2O/c1-16(12-18,9-13-3-5-15(17)6-4-13)19(2)10-14-7-8-20-11-14/h3-8,11H,9-10,12,18H2,1-2H3. The van der Waals surface area contributed by atoms with Gasteiger partial charge in [-0.15, -0.1) is 0 Å². The molecule has 20 heavy (non-hydrogen) atoms. The van der Waals surface area contributed by atoms with E-state index in [1.807, 2.05) is 6.07 Å². The molecule has 0 aliphatic rings. The van der Waals surface area contributed by atoms with Gasteiger partial charge in [0.2, 0.25) is 0 Å². The Bertz CT molecular complexity index is 524. The van der Waals surface area contributed by atoms with Crippen LogP contribution in [0.1, 0.15) is 18.1 Å². The Morgan fingerprint density at radius 1 is 1.20 bits per heavy atom. The molecule has 3 nitrogen and oxygen atoms in total. The van der Waals surface area contributed by atoms with Gasteiger partial charge in [0.25, 0.3) is 0 Å². The lowest BCUT2D eigenvalue weighted by Gasteiger charge is -2.38. The van der Waals surface area contributed by atoms with E-state index in [9.17, 15) is 0 Å². The first-order valence-corrected chi connectivity index (χ1v) is 7.49. The summed E-state index contributed by atoms with van der Waals surface area (Å²) in [5.74, 6) is 0. The number of hydrogen-bond acceptors (Lipinski definition) is 3. The van der Waals surface area contributed by atoms with Crippen LogP contribution in [0.3, 0.4) is 0 Å². The van der Waals surface area contributed by atoms with Crippen LogP contribution in [0.5, 0.6) is 0 Å². The van der Waals surface area contributed by atoms with E-state index in [1.54, 1.807) is 12.5 Å². The van der Waals surface area contributed by atoms with Gasteiger partial charge in [0.15, 0.2) is 0 Å². The average molecular weight is 337 g/mol. The summed E-state index contributed by atoms with van der Waals surface area (Å²) in [6, 6.07) is 10.4. The number of nitrogens with two attached hydrogens (primary N) is 1. The molecule has 2 N–H and O–H groups in total. The molecule has 0 amide bonds. The van der Waals surface area contributed by atoms with Crippen molar-refractivity contribution in [2.24, 2.45) is 5.73 Å². The second kappa shape index (κ2) is 6.57. The first kappa shape index (κ1) is 15.3. The maximum atomic E-state index is 6.04. The molecule has 0 spiro atoms. The molecule has 1 unspecified atom stereocenters. The Balaban J connectivity index is 2.09. The highest BCUT2D eigenvalue weighted by Crippen LogP contribution is 2.22. The maximum Gasteiger partial charge on any atom is 0.0947 e. The lowest BCUT2D eigenvalue weighted by Crippen LogP contribution is -2.50. The third-order valence-corrected chi connectivity index (χ3v) is 4.39. The quantitative estimate of drug-likeness (QED) is 0.878. The summed E-state index contributed by atoms with van der Waals surface area (Å²) in [6.07, 6.45) is 4.41. The predicted octanol–water partition coefficient (Wildman–Crippen LogP) is 3.43. The lowest BCUT2D eigenvalue weighted by atomic mass is 9.91. The van der Waals surface area contributed by atoms with E-state index in [1.165, 1.54) is 11.1 Å². The molecule has 1 aromatic carbocycles. The zero-order valence-corrected chi connectivity index (χ0v) is 13.6. The SMILES string of the molecule is CN(Cc1ccoc1)C(C)(CN)Cc1ccc(Br)cc1. The Hall–Kier alpha value is -1.10. The third-order valence-electron chi connectivity index (χ3n) is 3.86. The normalized spacial score (nSPS) is 14.4. The van der Waals surface area contributed by atoms with Crippen molar-refractivity contribution in [1.29, 1.82) is 0 Å². The Kier molecular flexibility index (Phi) is 5.02. The van der Waals surface area contributed by atoms with Crippen molar-refractivity contribution in [2.45, 2.75) is 25.4 Å². The minimum atomic E-state index is -0.0783.